The van der Waals surface area contributed by atoms with E-state index < -0.39 is 0 Å². The SMILES string of the molecule is Cc1ccc(C(=N)N)c(-c2c(CN)cccc2C(C)C)c1. The Hall–Kier alpha value is -2.13. The minimum atomic E-state index is 0.0894. The summed E-state index contributed by atoms with van der Waals surface area (Å²) in [5.74, 6) is 0.471. The number of benzene rings is 2. The van der Waals surface area contributed by atoms with Crippen LogP contribution in [-0.2, 0) is 6.54 Å². The van der Waals surface area contributed by atoms with E-state index in [0.717, 1.165) is 27.8 Å². The van der Waals surface area contributed by atoms with Gasteiger partial charge in [-0.1, -0.05) is 55.8 Å². The molecule has 0 fully saturated rings. The van der Waals surface area contributed by atoms with E-state index in [0.29, 0.717) is 12.5 Å². The molecule has 0 aliphatic carbocycles. The molecule has 0 heterocycles. The number of aryl methyl sites for hydroxylation is 1. The van der Waals surface area contributed by atoms with Crippen molar-refractivity contribution in [2.24, 2.45) is 11.5 Å². The number of rotatable bonds is 4. The van der Waals surface area contributed by atoms with Crippen molar-refractivity contribution in [1.29, 1.82) is 5.41 Å². The normalized spacial score (nSPS) is 10.9. The first-order valence-electron chi connectivity index (χ1n) is 7.23. The molecular formula is C18H23N3. The van der Waals surface area contributed by atoms with Gasteiger partial charge in [0.25, 0.3) is 0 Å². The quantitative estimate of drug-likeness (QED) is 0.592. The minimum absolute atomic E-state index is 0.0894. The first-order chi connectivity index (χ1) is 9.95. The lowest BCUT2D eigenvalue weighted by Gasteiger charge is -2.19. The molecule has 2 aromatic carbocycles. The lowest BCUT2D eigenvalue weighted by atomic mass is 9.86. The Balaban J connectivity index is 2.83. The highest BCUT2D eigenvalue weighted by Gasteiger charge is 2.16. The van der Waals surface area contributed by atoms with Crippen LogP contribution in [0.1, 0.15) is 42.0 Å². The zero-order valence-corrected chi connectivity index (χ0v) is 12.9. The minimum Gasteiger partial charge on any atom is -0.384 e. The molecule has 0 saturated heterocycles. The zero-order chi connectivity index (χ0) is 15.6. The third-order valence-electron chi connectivity index (χ3n) is 3.76. The van der Waals surface area contributed by atoms with E-state index in [1.165, 1.54) is 5.56 Å². The third kappa shape index (κ3) is 2.98. The maximum Gasteiger partial charge on any atom is 0.123 e. The van der Waals surface area contributed by atoms with Crippen molar-refractivity contribution in [3.05, 3.63) is 58.7 Å². The van der Waals surface area contributed by atoms with Gasteiger partial charge in [0.05, 0.1) is 0 Å². The van der Waals surface area contributed by atoms with Gasteiger partial charge < -0.3 is 11.5 Å². The molecule has 2 aromatic rings. The molecule has 0 aromatic heterocycles. The van der Waals surface area contributed by atoms with Crippen LogP contribution in [0.2, 0.25) is 0 Å². The predicted molar refractivity (Wildman–Crippen MR) is 89.6 cm³/mol. The first kappa shape index (κ1) is 15.3. The molecule has 0 aliphatic heterocycles. The van der Waals surface area contributed by atoms with Gasteiger partial charge in [0, 0.05) is 12.1 Å². The Labute approximate surface area is 126 Å². The van der Waals surface area contributed by atoms with Crippen molar-refractivity contribution in [2.45, 2.75) is 33.2 Å². The molecule has 0 amide bonds. The fourth-order valence-corrected chi connectivity index (χ4v) is 2.70. The molecule has 0 radical (unpaired) electrons. The van der Waals surface area contributed by atoms with Gasteiger partial charge in [0.2, 0.25) is 0 Å². The number of nitrogens with one attached hydrogen (secondary N) is 1. The molecule has 0 aliphatic rings. The molecule has 3 nitrogen and oxygen atoms in total. The second kappa shape index (κ2) is 6.10. The Morgan fingerprint density at radius 3 is 2.48 bits per heavy atom. The van der Waals surface area contributed by atoms with Gasteiger partial charge in [-0.05, 0) is 35.1 Å². The van der Waals surface area contributed by atoms with Crippen molar-refractivity contribution in [3.63, 3.8) is 0 Å². The van der Waals surface area contributed by atoms with Gasteiger partial charge in [-0.15, -0.1) is 0 Å². The van der Waals surface area contributed by atoms with Crippen LogP contribution in [-0.4, -0.2) is 5.84 Å². The van der Waals surface area contributed by atoms with E-state index >= 15 is 0 Å². The van der Waals surface area contributed by atoms with Crippen molar-refractivity contribution in [3.8, 4) is 11.1 Å². The van der Waals surface area contributed by atoms with E-state index in [-0.39, 0.29) is 5.84 Å². The standard InChI is InChI=1S/C18H23N3/c1-11(2)14-6-4-5-13(10-19)17(14)16-9-12(3)7-8-15(16)18(20)21/h4-9,11H,10,19H2,1-3H3,(H3,20,21). The van der Waals surface area contributed by atoms with Crippen LogP contribution in [0.3, 0.4) is 0 Å². The summed E-state index contributed by atoms with van der Waals surface area (Å²) in [4.78, 5) is 0. The van der Waals surface area contributed by atoms with E-state index in [4.69, 9.17) is 16.9 Å². The fraction of sp³-hybridized carbons (Fsp3) is 0.278. The van der Waals surface area contributed by atoms with Crippen LogP contribution >= 0.6 is 0 Å². The summed E-state index contributed by atoms with van der Waals surface area (Å²) in [5.41, 5.74) is 18.1. The summed E-state index contributed by atoms with van der Waals surface area (Å²) in [6, 6.07) is 12.2. The van der Waals surface area contributed by atoms with Crippen molar-refractivity contribution in [1.82, 2.24) is 0 Å². The van der Waals surface area contributed by atoms with Crippen molar-refractivity contribution < 1.29 is 0 Å². The van der Waals surface area contributed by atoms with E-state index in [1.807, 2.05) is 31.2 Å². The molecule has 3 heteroatoms. The van der Waals surface area contributed by atoms with Crippen LogP contribution in [0.5, 0.6) is 0 Å². The molecule has 0 atom stereocenters. The van der Waals surface area contributed by atoms with Gasteiger partial charge in [-0.25, -0.2) is 0 Å². The molecule has 0 bridgehead atoms. The summed E-state index contributed by atoms with van der Waals surface area (Å²) < 4.78 is 0. The van der Waals surface area contributed by atoms with Gasteiger partial charge in [-0.2, -0.15) is 0 Å². The Morgan fingerprint density at radius 1 is 1.19 bits per heavy atom. The molecule has 5 N–H and O–H groups in total. The smallest absolute Gasteiger partial charge is 0.123 e. The van der Waals surface area contributed by atoms with E-state index in [2.05, 4.69) is 26.0 Å². The zero-order valence-electron chi connectivity index (χ0n) is 12.9. The Morgan fingerprint density at radius 2 is 1.90 bits per heavy atom. The topological polar surface area (TPSA) is 75.9 Å². The highest BCUT2D eigenvalue weighted by Crippen LogP contribution is 2.35. The van der Waals surface area contributed by atoms with Crippen molar-refractivity contribution >= 4 is 5.84 Å². The highest BCUT2D eigenvalue weighted by molar-refractivity contribution is 6.02. The Bertz CT molecular complexity index is 672. The van der Waals surface area contributed by atoms with Gasteiger partial charge in [0.1, 0.15) is 5.84 Å². The average molecular weight is 281 g/mol. The summed E-state index contributed by atoms with van der Waals surface area (Å²) in [7, 11) is 0. The van der Waals surface area contributed by atoms with E-state index in [9.17, 15) is 0 Å². The maximum absolute atomic E-state index is 7.85. The summed E-state index contributed by atoms with van der Waals surface area (Å²) in [6.07, 6.45) is 0. The van der Waals surface area contributed by atoms with Crippen LogP contribution in [0, 0.1) is 12.3 Å². The molecule has 21 heavy (non-hydrogen) atoms. The summed E-state index contributed by atoms with van der Waals surface area (Å²) in [6.45, 7) is 6.86. The number of amidine groups is 1. The number of nitrogen functional groups attached to an aromatic ring is 1. The molecule has 110 valence electrons. The predicted octanol–water partition coefficient (Wildman–Crippen LogP) is 3.53. The third-order valence-corrected chi connectivity index (χ3v) is 3.76. The number of hydrogen-bond donors (Lipinski definition) is 3. The second-order valence-corrected chi connectivity index (χ2v) is 5.70. The second-order valence-electron chi connectivity index (χ2n) is 5.70. The molecule has 2 rings (SSSR count). The molecule has 0 spiro atoms. The Kier molecular flexibility index (Phi) is 4.43. The molecule has 0 unspecified atom stereocenters. The summed E-state index contributed by atoms with van der Waals surface area (Å²) >= 11 is 0. The van der Waals surface area contributed by atoms with Gasteiger partial charge in [0.15, 0.2) is 0 Å². The van der Waals surface area contributed by atoms with Crippen molar-refractivity contribution in [2.75, 3.05) is 0 Å². The fourth-order valence-electron chi connectivity index (χ4n) is 2.70. The van der Waals surface area contributed by atoms with E-state index in [1.54, 1.807) is 0 Å². The van der Waals surface area contributed by atoms with Gasteiger partial charge >= 0.3 is 0 Å². The lowest BCUT2D eigenvalue weighted by molar-refractivity contribution is 0.864. The van der Waals surface area contributed by atoms with Crippen LogP contribution in [0.4, 0.5) is 0 Å². The number of nitrogens with two attached hydrogens (primary N) is 2. The molecular weight excluding hydrogens is 258 g/mol. The molecule has 0 saturated carbocycles. The van der Waals surface area contributed by atoms with Gasteiger partial charge in [-0.3, -0.25) is 5.41 Å². The average Bonchev–Trinajstić information content (AvgIpc) is 2.45. The van der Waals surface area contributed by atoms with Crippen LogP contribution < -0.4 is 11.5 Å². The summed E-state index contributed by atoms with van der Waals surface area (Å²) in [5, 5.41) is 7.85. The monoisotopic (exact) mass is 281 g/mol. The van der Waals surface area contributed by atoms with Crippen LogP contribution in [0.25, 0.3) is 11.1 Å². The largest absolute Gasteiger partial charge is 0.384 e. The van der Waals surface area contributed by atoms with Crippen LogP contribution in [0.15, 0.2) is 36.4 Å². The highest BCUT2D eigenvalue weighted by atomic mass is 14.7. The number of hydrogen-bond acceptors (Lipinski definition) is 2. The maximum atomic E-state index is 7.85. The lowest BCUT2D eigenvalue weighted by Crippen LogP contribution is -2.14. The first-order valence-corrected chi connectivity index (χ1v) is 7.23.